The summed E-state index contributed by atoms with van der Waals surface area (Å²) in [5.74, 6) is -0.208. The molecule has 1 aliphatic rings. The van der Waals surface area contributed by atoms with E-state index in [-0.39, 0.29) is 36.2 Å². The molecule has 1 heterocycles. The van der Waals surface area contributed by atoms with Crippen LogP contribution < -0.4 is 16.0 Å². The van der Waals surface area contributed by atoms with Crippen LogP contribution >= 0.6 is 12.4 Å². The zero-order chi connectivity index (χ0) is 17.8. The van der Waals surface area contributed by atoms with Gasteiger partial charge in [0.05, 0.1) is 6.04 Å². The molecule has 2 amide bonds. The molecule has 26 heavy (non-hydrogen) atoms. The lowest BCUT2D eigenvalue weighted by Crippen LogP contribution is -2.44. The lowest BCUT2D eigenvalue weighted by molar-refractivity contribution is -0.119. The average Bonchev–Trinajstić information content (AvgIpc) is 2.61. The van der Waals surface area contributed by atoms with Gasteiger partial charge in [0, 0.05) is 23.8 Å². The Morgan fingerprint density at radius 2 is 1.65 bits per heavy atom. The van der Waals surface area contributed by atoms with Crippen LogP contribution in [0, 0.1) is 5.92 Å². The summed E-state index contributed by atoms with van der Waals surface area (Å²) in [4.78, 5) is 24.4. The van der Waals surface area contributed by atoms with Crippen LogP contribution in [0.2, 0.25) is 0 Å². The maximum Gasteiger partial charge on any atom is 0.241 e. The molecule has 0 radical (unpaired) electrons. The van der Waals surface area contributed by atoms with Crippen molar-refractivity contribution >= 4 is 35.6 Å². The van der Waals surface area contributed by atoms with Crippen LogP contribution in [0.3, 0.4) is 0 Å². The van der Waals surface area contributed by atoms with Crippen LogP contribution in [0.1, 0.15) is 25.0 Å². The third-order valence-corrected chi connectivity index (χ3v) is 4.32. The van der Waals surface area contributed by atoms with Gasteiger partial charge in [-0.1, -0.05) is 44.2 Å². The van der Waals surface area contributed by atoms with Crippen molar-refractivity contribution in [3.8, 4) is 0 Å². The molecule has 2 aromatic rings. The molecule has 0 bridgehead atoms. The Morgan fingerprint density at radius 1 is 1.00 bits per heavy atom. The second kappa shape index (κ2) is 8.83. The van der Waals surface area contributed by atoms with Crippen molar-refractivity contribution in [2.75, 3.05) is 10.6 Å². The lowest BCUT2D eigenvalue weighted by Gasteiger charge is -2.25. The Bertz CT molecular complexity index is 792. The zero-order valence-corrected chi connectivity index (χ0v) is 15.7. The molecule has 0 aromatic heterocycles. The largest absolute Gasteiger partial charge is 0.326 e. The Balaban J connectivity index is 0.00000243. The first-order valence-electron chi connectivity index (χ1n) is 8.55. The Kier molecular flexibility index (Phi) is 6.77. The first-order chi connectivity index (χ1) is 12.0. The van der Waals surface area contributed by atoms with Gasteiger partial charge in [-0.2, -0.15) is 0 Å². The molecule has 0 saturated heterocycles. The van der Waals surface area contributed by atoms with Gasteiger partial charge in [-0.3, -0.25) is 9.59 Å². The van der Waals surface area contributed by atoms with Crippen molar-refractivity contribution in [3.63, 3.8) is 0 Å². The number of benzene rings is 2. The number of hydrogen-bond donors (Lipinski definition) is 3. The van der Waals surface area contributed by atoms with Gasteiger partial charge in [0.1, 0.15) is 0 Å². The van der Waals surface area contributed by atoms with Gasteiger partial charge in [0.15, 0.2) is 0 Å². The van der Waals surface area contributed by atoms with Gasteiger partial charge in [0.2, 0.25) is 11.8 Å². The number of fused-ring (bicyclic) bond motifs is 1. The molecule has 1 unspecified atom stereocenters. The van der Waals surface area contributed by atoms with Crippen LogP contribution in [0.4, 0.5) is 11.4 Å². The SMILES string of the molecule is CC(C)C(=O)Nc1cccc(NC(=O)C2Cc3ccccc3CN2)c1.Cl. The van der Waals surface area contributed by atoms with E-state index in [2.05, 4.69) is 28.1 Å². The molecule has 1 aliphatic heterocycles. The monoisotopic (exact) mass is 373 g/mol. The van der Waals surface area contributed by atoms with E-state index in [1.807, 2.05) is 44.2 Å². The molecule has 0 saturated carbocycles. The Labute approximate surface area is 160 Å². The highest BCUT2D eigenvalue weighted by molar-refractivity contribution is 5.97. The van der Waals surface area contributed by atoms with Gasteiger partial charge in [-0.15, -0.1) is 12.4 Å². The van der Waals surface area contributed by atoms with Gasteiger partial charge in [-0.05, 0) is 35.7 Å². The van der Waals surface area contributed by atoms with Gasteiger partial charge in [-0.25, -0.2) is 0 Å². The molecule has 0 fully saturated rings. The summed E-state index contributed by atoms with van der Waals surface area (Å²) >= 11 is 0. The summed E-state index contributed by atoms with van der Waals surface area (Å²) < 4.78 is 0. The quantitative estimate of drug-likeness (QED) is 0.769. The number of hydrogen-bond acceptors (Lipinski definition) is 3. The molecule has 6 heteroatoms. The maximum absolute atomic E-state index is 12.6. The van der Waals surface area contributed by atoms with Crippen LogP contribution in [0.15, 0.2) is 48.5 Å². The summed E-state index contributed by atoms with van der Waals surface area (Å²) in [6.07, 6.45) is 0.672. The Morgan fingerprint density at radius 3 is 2.35 bits per heavy atom. The van der Waals surface area contributed by atoms with E-state index >= 15 is 0 Å². The summed E-state index contributed by atoms with van der Waals surface area (Å²) in [6.45, 7) is 4.37. The molecule has 138 valence electrons. The molecule has 3 rings (SSSR count). The van der Waals surface area contributed by atoms with Crippen molar-refractivity contribution in [1.29, 1.82) is 0 Å². The number of rotatable bonds is 4. The lowest BCUT2D eigenvalue weighted by atomic mass is 9.95. The molecular weight excluding hydrogens is 350 g/mol. The van der Waals surface area contributed by atoms with E-state index in [1.165, 1.54) is 11.1 Å². The maximum atomic E-state index is 12.6. The van der Waals surface area contributed by atoms with Crippen LogP contribution in [-0.4, -0.2) is 17.9 Å². The van der Waals surface area contributed by atoms with E-state index in [4.69, 9.17) is 0 Å². The summed E-state index contributed by atoms with van der Waals surface area (Å²) in [5.41, 5.74) is 3.80. The number of carbonyl (C=O) groups excluding carboxylic acids is 2. The fourth-order valence-electron chi connectivity index (χ4n) is 2.83. The molecule has 3 N–H and O–H groups in total. The number of halogens is 1. The fourth-order valence-corrected chi connectivity index (χ4v) is 2.83. The molecule has 2 aromatic carbocycles. The van der Waals surface area contributed by atoms with Crippen LogP contribution in [-0.2, 0) is 22.6 Å². The minimum Gasteiger partial charge on any atom is -0.326 e. The highest BCUT2D eigenvalue weighted by atomic mass is 35.5. The highest BCUT2D eigenvalue weighted by Crippen LogP contribution is 2.19. The predicted octanol–water partition coefficient (Wildman–Crippen LogP) is 3.36. The van der Waals surface area contributed by atoms with Crippen LogP contribution in [0.25, 0.3) is 0 Å². The van der Waals surface area contributed by atoms with E-state index in [1.54, 1.807) is 6.07 Å². The van der Waals surface area contributed by atoms with E-state index in [9.17, 15) is 9.59 Å². The number of anilines is 2. The smallest absolute Gasteiger partial charge is 0.241 e. The predicted molar refractivity (Wildman–Crippen MR) is 107 cm³/mol. The first kappa shape index (κ1) is 19.9. The minimum atomic E-state index is -0.260. The second-order valence-corrected chi connectivity index (χ2v) is 6.62. The standard InChI is InChI=1S/C20H23N3O2.ClH/c1-13(2)19(24)22-16-8-5-9-17(11-16)23-20(25)18-10-14-6-3-4-7-15(14)12-21-18;/h3-9,11,13,18,21H,10,12H2,1-2H3,(H,22,24)(H,23,25);1H. The summed E-state index contributed by atoms with van der Waals surface area (Å²) in [7, 11) is 0. The van der Waals surface area contributed by atoms with Crippen molar-refractivity contribution in [2.24, 2.45) is 5.92 Å². The summed E-state index contributed by atoms with van der Waals surface area (Å²) in [5, 5.41) is 9.05. The minimum absolute atomic E-state index is 0. The topological polar surface area (TPSA) is 70.2 Å². The molecular formula is C20H24ClN3O2. The average molecular weight is 374 g/mol. The van der Waals surface area contributed by atoms with E-state index in [0.717, 1.165) is 0 Å². The first-order valence-corrected chi connectivity index (χ1v) is 8.55. The van der Waals surface area contributed by atoms with Crippen molar-refractivity contribution in [2.45, 2.75) is 32.9 Å². The third kappa shape index (κ3) is 4.84. The highest BCUT2D eigenvalue weighted by Gasteiger charge is 2.23. The van der Waals surface area contributed by atoms with E-state index < -0.39 is 0 Å². The normalized spacial score (nSPS) is 15.6. The van der Waals surface area contributed by atoms with Crippen molar-refractivity contribution < 1.29 is 9.59 Å². The van der Waals surface area contributed by atoms with Crippen LogP contribution in [0.5, 0.6) is 0 Å². The molecule has 0 spiro atoms. The van der Waals surface area contributed by atoms with Crippen molar-refractivity contribution in [3.05, 3.63) is 59.7 Å². The molecule has 0 aliphatic carbocycles. The number of amides is 2. The molecule has 1 atom stereocenters. The molecule has 5 nitrogen and oxygen atoms in total. The number of carbonyl (C=O) groups is 2. The second-order valence-electron chi connectivity index (χ2n) is 6.62. The number of nitrogens with one attached hydrogen (secondary N) is 3. The Hall–Kier alpha value is -2.37. The van der Waals surface area contributed by atoms with Gasteiger partial charge >= 0.3 is 0 Å². The van der Waals surface area contributed by atoms with Crippen molar-refractivity contribution in [1.82, 2.24) is 5.32 Å². The fraction of sp³-hybridized carbons (Fsp3) is 0.300. The third-order valence-electron chi connectivity index (χ3n) is 4.32. The zero-order valence-electron chi connectivity index (χ0n) is 14.9. The summed E-state index contributed by atoms with van der Waals surface area (Å²) in [6, 6.07) is 15.1. The van der Waals surface area contributed by atoms with E-state index in [0.29, 0.717) is 24.3 Å². The van der Waals surface area contributed by atoms with Gasteiger partial charge < -0.3 is 16.0 Å². The van der Waals surface area contributed by atoms with Gasteiger partial charge in [0.25, 0.3) is 0 Å².